The topological polar surface area (TPSA) is 26.0 Å². The molecule has 1 atom stereocenters. The minimum atomic E-state index is -0.351. The summed E-state index contributed by atoms with van der Waals surface area (Å²) in [7, 11) is 0. The normalized spacial score (nSPS) is 23.4. The first kappa shape index (κ1) is 7.99. The largest absolute Gasteiger partial charge is 0.325 e. The molecule has 1 fully saturated rings. The number of halogens is 1. The van der Waals surface area contributed by atoms with Gasteiger partial charge in [-0.3, -0.25) is 0 Å². The van der Waals surface area contributed by atoms with E-state index >= 15 is 0 Å². The average molecular weight is 145 g/mol. The van der Waals surface area contributed by atoms with Gasteiger partial charge in [0.05, 0.1) is 0 Å². The van der Waals surface area contributed by atoms with Crippen LogP contribution in [-0.4, -0.2) is 12.7 Å². The zero-order chi connectivity index (χ0) is 7.40. The van der Waals surface area contributed by atoms with E-state index in [1.807, 2.05) is 0 Å². The Hall–Kier alpha value is -0.110. The van der Waals surface area contributed by atoms with Crippen molar-refractivity contribution in [3.63, 3.8) is 0 Å². The molecule has 0 radical (unpaired) electrons. The zero-order valence-electron chi connectivity index (χ0n) is 6.35. The van der Waals surface area contributed by atoms with E-state index in [-0.39, 0.29) is 12.7 Å². The molecule has 1 nitrogen and oxygen atoms in total. The molecule has 1 rings (SSSR count). The first-order chi connectivity index (χ1) is 4.83. The summed E-state index contributed by atoms with van der Waals surface area (Å²) in [6.45, 7) is -0.351. The van der Waals surface area contributed by atoms with Gasteiger partial charge >= 0.3 is 0 Å². The van der Waals surface area contributed by atoms with Gasteiger partial charge in [0.2, 0.25) is 0 Å². The number of hydrogen-bond acceptors (Lipinski definition) is 1. The third kappa shape index (κ3) is 2.25. The zero-order valence-corrected chi connectivity index (χ0v) is 6.35. The SMILES string of the molecule is NC(CF)CC1CCCC1. The summed E-state index contributed by atoms with van der Waals surface area (Å²) < 4.78 is 11.9. The predicted molar refractivity (Wildman–Crippen MR) is 40.5 cm³/mol. The third-order valence-corrected chi connectivity index (χ3v) is 2.31. The van der Waals surface area contributed by atoms with Crippen LogP contribution in [0.25, 0.3) is 0 Å². The maximum Gasteiger partial charge on any atom is 0.104 e. The molecule has 1 unspecified atom stereocenters. The summed E-state index contributed by atoms with van der Waals surface area (Å²) in [5, 5.41) is 0. The lowest BCUT2D eigenvalue weighted by Gasteiger charge is -2.11. The molecule has 0 spiro atoms. The van der Waals surface area contributed by atoms with Crippen molar-refractivity contribution >= 4 is 0 Å². The van der Waals surface area contributed by atoms with E-state index in [4.69, 9.17) is 5.73 Å². The van der Waals surface area contributed by atoms with Gasteiger partial charge in [-0.05, 0) is 12.3 Å². The van der Waals surface area contributed by atoms with Crippen molar-refractivity contribution in [2.45, 2.75) is 38.1 Å². The van der Waals surface area contributed by atoms with Crippen LogP contribution in [0.5, 0.6) is 0 Å². The van der Waals surface area contributed by atoms with Gasteiger partial charge in [-0.25, -0.2) is 4.39 Å². The van der Waals surface area contributed by atoms with Gasteiger partial charge in [-0.15, -0.1) is 0 Å². The van der Waals surface area contributed by atoms with Crippen molar-refractivity contribution in [2.75, 3.05) is 6.67 Å². The van der Waals surface area contributed by atoms with E-state index < -0.39 is 0 Å². The monoisotopic (exact) mass is 145 g/mol. The quantitative estimate of drug-likeness (QED) is 0.644. The molecule has 0 heterocycles. The summed E-state index contributed by atoms with van der Waals surface area (Å²) in [5.74, 6) is 0.728. The molecule has 0 saturated heterocycles. The number of hydrogen-bond donors (Lipinski definition) is 1. The van der Waals surface area contributed by atoms with Gasteiger partial charge < -0.3 is 5.73 Å². The summed E-state index contributed by atoms with van der Waals surface area (Å²) >= 11 is 0. The second kappa shape index (κ2) is 3.91. The van der Waals surface area contributed by atoms with E-state index in [0.29, 0.717) is 0 Å². The molecule has 0 amide bonds. The van der Waals surface area contributed by atoms with E-state index in [1.54, 1.807) is 0 Å². The molecule has 0 aromatic carbocycles. The number of nitrogens with two attached hydrogens (primary N) is 1. The van der Waals surface area contributed by atoms with Crippen molar-refractivity contribution in [1.29, 1.82) is 0 Å². The Morgan fingerprint density at radius 2 is 2.00 bits per heavy atom. The van der Waals surface area contributed by atoms with Crippen molar-refractivity contribution in [3.8, 4) is 0 Å². The molecule has 1 saturated carbocycles. The molecular formula is C8H16FN. The van der Waals surface area contributed by atoms with Gasteiger partial charge in [0.15, 0.2) is 0 Å². The van der Waals surface area contributed by atoms with E-state index in [9.17, 15) is 4.39 Å². The summed E-state index contributed by atoms with van der Waals surface area (Å²) in [5.41, 5.74) is 5.48. The van der Waals surface area contributed by atoms with E-state index in [0.717, 1.165) is 12.3 Å². The Labute approximate surface area is 61.8 Å². The summed E-state index contributed by atoms with van der Waals surface area (Å²) in [4.78, 5) is 0. The Bertz CT molecular complexity index is 89.3. The minimum Gasteiger partial charge on any atom is -0.325 e. The second-order valence-electron chi connectivity index (χ2n) is 3.30. The molecule has 0 aromatic rings. The van der Waals surface area contributed by atoms with Gasteiger partial charge in [0, 0.05) is 6.04 Å². The van der Waals surface area contributed by atoms with Crippen LogP contribution in [0.2, 0.25) is 0 Å². The molecule has 0 aromatic heterocycles. The van der Waals surface area contributed by atoms with Gasteiger partial charge in [-0.1, -0.05) is 25.7 Å². The van der Waals surface area contributed by atoms with Crippen LogP contribution in [-0.2, 0) is 0 Å². The van der Waals surface area contributed by atoms with Crippen LogP contribution in [0, 0.1) is 5.92 Å². The second-order valence-corrected chi connectivity index (χ2v) is 3.30. The third-order valence-electron chi connectivity index (χ3n) is 2.31. The molecule has 1 aliphatic rings. The first-order valence-corrected chi connectivity index (χ1v) is 4.14. The molecule has 0 bridgehead atoms. The van der Waals surface area contributed by atoms with Crippen LogP contribution < -0.4 is 5.73 Å². The molecular weight excluding hydrogens is 129 g/mol. The fourth-order valence-electron chi connectivity index (χ4n) is 1.74. The maximum atomic E-state index is 11.9. The van der Waals surface area contributed by atoms with Crippen LogP contribution >= 0.6 is 0 Å². The minimum absolute atomic E-state index is 0.192. The van der Waals surface area contributed by atoms with E-state index in [1.165, 1.54) is 25.7 Å². The maximum absolute atomic E-state index is 11.9. The van der Waals surface area contributed by atoms with Crippen LogP contribution in [0.1, 0.15) is 32.1 Å². The Balaban J connectivity index is 2.11. The smallest absolute Gasteiger partial charge is 0.104 e. The highest BCUT2D eigenvalue weighted by Gasteiger charge is 2.17. The van der Waals surface area contributed by atoms with Crippen molar-refractivity contribution in [2.24, 2.45) is 11.7 Å². The Morgan fingerprint density at radius 1 is 1.40 bits per heavy atom. The highest BCUT2D eigenvalue weighted by Crippen LogP contribution is 2.28. The summed E-state index contributed by atoms with van der Waals surface area (Å²) in [6.07, 6.45) is 6.09. The molecule has 0 aliphatic heterocycles. The fourth-order valence-corrected chi connectivity index (χ4v) is 1.74. The predicted octanol–water partition coefficient (Wildman–Crippen LogP) is 1.86. The lowest BCUT2D eigenvalue weighted by Crippen LogP contribution is -2.24. The fraction of sp³-hybridized carbons (Fsp3) is 1.00. The summed E-state index contributed by atoms with van der Waals surface area (Å²) in [6, 6.07) is -0.192. The van der Waals surface area contributed by atoms with Gasteiger partial charge in [-0.2, -0.15) is 0 Å². The van der Waals surface area contributed by atoms with Crippen LogP contribution in [0.4, 0.5) is 4.39 Å². The molecule has 60 valence electrons. The van der Waals surface area contributed by atoms with Crippen LogP contribution in [0.3, 0.4) is 0 Å². The Morgan fingerprint density at radius 3 is 2.50 bits per heavy atom. The van der Waals surface area contributed by atoms with Crippen molar-refractivity contribution in [1.82, 2.24) is 0 Å². The molecule has 2 N–H and O–H groups in total. The lowest BCUT2D eigenvalue weighted by atomic mass is 10.00. The van der Waals surface area contributed by atoms with Crippen molar-refractivity contribution < 1.29 is 4.39 Å². The van der Waals surface area contributed by atoms with Crippen molar-refractivity contribution in [3.05, 3.63) is 0 Å². The first-order valence-electron chi connectivity index (χ1n) is 4.14. The molecule has 2 heteroatoms. The highest BCUT2D eigenvalue weighted by atomic mass is 19.1. The van der Waals surface area contributed by atoms with Gasteiger partial charge in [0.1, 0.15) is 6.67 Å². The lowest BCUT2D eigenvalue weighted by molar-refractivity contribution is 0.362. The standard InChI is InChI=1S/C8H16FN/c9-6-8(10)5-7-3-1-2-4-7/h7-8H,1-6,10H2. The number of rotatable bonds is 3. The number of alkyl halides is 1. The van der Waals surface area contributed by atoms with Crippen LogP contribution in [0.15, 0.2) is 0 Å². The van der Waals surface area contributed by atoms with E-state index in [2.05, 4.69) is 0 Å². The Kier molecular flexibility index (Phi) is 3.13. The highest BCUT2D eigenvalue weighted by molar-refractivity contribution is 4.72. The molecule has 1 aliphatic carbocycles. The molecule has 10 heavy (non-hydrogen) atoms. The average Bonchev–Trinajstić information content (AvgIpc) is 2.40. The van der Waals surface area contributed by atoms with Gasteiger partial charge in [0.25, 0.3) is 0 Å².